The van der Waals surface area contributed by atoms with Gasteiger partial charge in [-0.1, -0.05) is 216 Å². The van der Waals surface area contributed by atoms with E-state index >= 15 is 0 Å². The fourth-order valence-electron chi connectivity index (χ4n) is 7.85. The summed E-state index contributed by atoms with van der Waals surface area (Å²) >= 11 is 0. The Balaban J connectivity index is 0.000000387. The average molecular weight is 847 g/mol. The van der Waals surface area contributed by atoms with Crippen molar-refractivity contribution < 1.29 is 25.9 Å². The molecule has 0 bridgehead atoms. The Morgan fingerprint density at radius 2 is 0.596 bits per heavy atom. The van der Waals surface area contributed by atoms with Crippen LogP contribution in [0.15, 0.2) is 82.6 Å². The van der Waals surface area contributed by atoms with Crippen molar-refractivity contribution >= 4 is 79.5 Å². The predicted octanol–water partition coefficient (Wildman–Crippen LogP) is 13.6. The van der Waals surface area contributed by atoms with Crippen molar-refractivity contribution in [3.05, 3.63) is 83.9 Å². The third kappa shape index (κ3) is 20.1. The van der Waals surface area contributed by atoms with E-state index < -0.39 is 20.2 Å². The summed E-state index contributed by atoms with van der Waals surface area (Å²) in [7, 11) is -8.89. The number of unbranched alkanes of at least 4 members (excludes halogenated alkanes) is 22. The minimum atomic E-state index is -4.44. The van der Waals surface area contributed by atoms with E-state index in [1.807, 2.05) is 36.4 Å². The van der Waals surface area contributed by atoms with Gasteiger partial charge in [-0.2, -0.15) is 0 Å². The standard InChI is InChI=1S/2C24H36O3S.Ca/c2*1-2-3-4-5-6-7-8-9-10-11-12-13-16-21-19-20-24(28(25,26)27)23-18-15-14-17-22(21)23;/h2*14-15,17-20H,2-13,16H2,1H3,(H,25,26,27);/q;;+2/p-2. The van der Waals surface area contributed by atoms with Crippen molar-refractivity contribution in [1.82, 2.24) is 0 Å². The first-order chi connectivity index (χ1) is 27.1. The van der Waals surface area contributed by atoms with Crippen LogP contribution in [0.1, 0.15) is 179 Å². The molecular formula is C48H70CaO6S2. The molecule has 0 saturated heterocycles. The Bertz CT molecular complexity index is 1770. The molecule has 57 heavy (non-hydrogen) atoms. The van der Waals surface area contributed by atoms with Gasteiger partial charge >= 0.3 is 37.7 Å². The first-order valence-electron chi connectivity index (χ1n) is 22.0. The van der Waals surface area contributed by atoms with Crippen LogP contribution in [0.25, 0.3) is 21.5 Å². The van der Waals surface area contributed by atoms with E-state index in [9.17, 15) is 25.9 Å². The second-order valence-electron chi connectivity index (χ2n) is 15.7. The Kier molecular flexibility index (Phi) is 26.9. The second kappa shape index (κ2) is 29.7. The molecule has 4 rings (SSSR count). The van der Waals surface area contributed by atoms with Gasteiger partial charge in [-0.3, -0.25) is 0 Å². The van der Waals surface area contributed by atoms with Crippen LogP contribution in [0.2, 0.25) is 0 Å². The zero-order valence-electron chi connectivity index (χ0n) is 35.3. The van der Waals surface area contributed by atoms with Crippen molar-refractivity contribution in [1.29, 1.82) is 0 Å². The summed E-state index contributed by atoms with van der Waals surface area (Å²) in [6.07, 6.45) is 33.5. The summed E-state index contributed by atoms with van der Waals surface area (Å²) in [4.78, 5) is -0.219. The molecule has 0 amide bonds. The summed E-state index contributed by atoms with van der Waals surface area (Å²) in [6, 6.07) is 21.2. The number of benzene rings is 4. The van der Waals surface area contributed by atoms with Gasteiger partial charge < -0.3 is 9.11 Å². The SMILES string of the molecule is CCCCCCCCCCCCCCc1ccc(S(=O)(=O)[O-])c2ccccc12.CCCCCCCCCCCCCCc1ccc(S(=O)(=O)[O-])c2ccccc12.[Ca+2]. The van der Waals surface area contributed by atoms with Gasteiger partial charge in [-0.25, -0.2) is 16.8 Å². The van der Waals surface area contributed by atoms with Crippen molar-refractivity contribution in [2.45, 2.75) is 191 Å². The van der Waals surface area contributed by atoms with Gasteiger partial charge in [0.2, 0.25) is 0 Å². The van der Waals surface area contributed by atoms with E-state index in [2.05, 4.69) is 13.8 Å². The van der Waals surface area contributed by atoms with Crippen molar-refractivity contribution in [2.75, 3.05) is 0 Å². The summed E-state index contributed by atoms with van der Waals surface area (Å²) in [5, 5.41) is 2.88. The maximum Gasteiger partial charge on any atom is 2.00 e. The first-order valence-corrected chi connectivity index (χ1v) is 24.8. The molecule has 0 saturated carbocycles. The van der Waals surface area contributed by atoms with E-state index in [4.69, 9.17) is 0 Å². The maximum atomic E-state index is 11.5. The average Bonchev–Trinajstić information content (AvgIpc) is 3.18. The molecule has 0 heterocycles. The number of fused-ring (bicyclic) bond motifs is 2. The Morgan fingerprint density at radius 3 is 0.860 bits per heavy atom. The second-order valence-corrected chi connectivity index (χ2v) is 18.4. The van der Waals surface area contributed by atoms with Gasteiger partial charge in [0, 0.05) is 0 Å². The molecule has 312 valence electrons. The summed E-state index contributed by atoms with van der Waals surface area (Å²) in [5.41, 5.74) is 2.27. The van der Waals surface area contributed by atoms with E-state index in [-0.39, 0.29) is 47.5 Å². The number of aryl methyl sites for hydroxylation is 2. The molecule has 0 aromatic heterocycles. The Labute approximate surface area is 376 Å². The van der Waals surface area contributed by atoms with E-state index in [1.165, 1.54) is 153 Å². The van der Waals surface area contributed by atoms with Crippen LogP contribution >= 0.6 is 0 Å². The maximum absolute atomic E-state index is 11.5. The molecule has 9 heteroatoms. The van der Waals surface area contributed by atoms with Crippen LogP contribution in [0.5, 0.6) is 0 Å². The molecule has 0 unspecified atom stereocenters. The number of rotatable bonds is 28. The third-order valence-electron chi connectivity index (χ3n) is 11.1. The van der Waals surface area contributed by atoms with Crippen LogP contribution in [-0.4, -0.2) is 63.7 Å². The van der Waals surface area contributed by atoms with Crippen LogP contribution in [-0.2, 0) is 33.1 Å². The number of hydrogen-bond acceptors (Lipinski definition) is 6. The molecule has 6 nitrogen and oxygen atoms in total. The van der Waals surface area contributed by atoms with Crippen molar-refractivity contribution in [3.63, 3.8) is 0 Å². The van der Waals surface area contributed by atoms with Gasteiger partial charge in [0.05, 0.1) is 9.79 Å². The van der Waals surface area contributed by atoms with Crippen LogP contribution < -0.4 is 0 Å². The molecular weight excluding hydrogens is 777 g/mol. The Morgan fingerprint density at radius 1 is 0.351 bits per heavy atom. The monoisotopic (exact) mass is 846 g/mol. The third-order valence-corrected chi connectivity index (χ3v) is 12.9. The summed E-state index contributed by atoms with van der Waals surface area (Å²) < 4.78 is 68.9. The fourth-order valence-corrected chi connectivity index (χ4v) is 9.22. The first kappa shape index (κ1) is 51.6. The quantitative estimate of drug-likeness (QED) is 0.0319. The molecule has 0 fully saturated rings. The van der Waals surface area contributed by atoms with Crippen LogP contribution in [0.3, 0.4) is 0 Å². The molecule has 0 aliphatic heterocycles. The molecule has 0 radical (unpaired) electrons. The van der Waals surface area contributed by atoms with Gasteiger partial charge in [-0.05, 0) is 70.5 Å². The molecule has 0 atom stereocenters. The fraction of sp³-hybridized carbons (Fsp3) is 0.583. The largest absolute Gasteiger partial charge is 2.00 e. The normalized spacial score (nSPS) is 11.7. The smallest absolute Gasteiger partial charge is 0.744 e. The van der Waals surface area contributed by atoms with Gasteiger partial charge in [-0.15, -0.1) is 0 Å². The predicted molar refractivity (Wildman–Crippen MR) is 239 cm³/mol. The van der Waals surface area contributed by atoms with Gasteiger partial charge in [0.15, 0.2) is 0 Å². The zero-order chi connectivity index (χ0) is 40.5. The van der Waals surface area contributed by atoms with Gasteiger partial charge in [0.1, 0.15) is 20.2 Å². The zero-order valence-corrected chi connectivity index (χ0v) is 39.1. The van der Waals surface area contributed by atoms with Crippen molar-refractivity contribution in [3.8, 4) is 0 Å². The van der Waals surface area contributed by atoms with E-state index in [0.717, 1.165) is 47.6 Å². The van der Waals surface area contributed by atoms with Crippen LogP contribution in [0, 0.1) is 0 Å². The minimum absolute atomic E-state index is 0. The molecule has 0 aliphatic rings. The van der Waals surface area contributed by atoms with Crippen LogP contribution in [0.4, 0.5) is 0 Å². The summed E-state index contributed by atoms with van der Waals surface area (Å²) in [6.45, 7) is 4.52. The van der Waals surface area contributed by atoms with Crippen molar-refractivity contribution in [2.24, 2.45) is 0 Å². The molecule has 0 aliphatic carbocycles. The minimum Gasteiger partial charge on any atom is -0.744 e. The summed E-state index contributed by atoms with van der Waals surface area (Å²) in [5.74, 6) is 0. The topological polar surface area (TPSA) is 114 Å². The van der Waals surface area contributed by atoms with E-state index in [0.29, 0.717) is 10.8 Å². The molecule has 4 aromatic carbocycles. The molecule has 4 aromatic rings. The molecule has 0 N–H and O–H groups in total. The van der Waals surface area contributed by atoms with Gasteiger partial charge in [0.25, 0.3) is 0 Å². The number of hydrogen-bond donors (Lipinski definition) is 0. The molecule has 0 spiro atoms. The Hall–Kier alpha value is -1.52. The van der Waals surface area contributed by atoms with E-state index in [1.54, 1.807) is 24.3 Å².